The molecule has 0 radical (unpaired) electrons. The predicted octanol–water partition coefficient (Wildman–Crippen LogP) is 2.95. The van der Waals surface area contributed by atoms with Crippen LogP contribution in [0, 0.1) is 10.1 Å². The van der Waals surface area contributed by atoms with Crippen molar-refractivity contribution in [2.45, 2.75) is 6.54 Å². The number of nitro groups is 1. The average molecular weight is 308 g/mol. The molecule has 7 nitrogen and oxygen atoms in total. The van der Waals surface area contributed by atoms with Crippen LogP contribution in [0.4, 0.5) is 11.4 Å². The van der Waals surface area contributed by atoms with E-state index < -0.39 is 10.9 Å². The monoisotopic (exact) mass is 307 g/mol. The van der Waals surface area contributed by atoms with Gasteiger partial charge in [0, 0.05) is 31.1 Å². The Balaban J connectivity index is 2.34. The third kappa shape index (κ3) is 3.46. The van der Waals surface area contributed by atoms with Crippen LogP contribution in [0.3, 0.4) is 0 Å². The van der Waals surface area contributed by atoms with Crippen LogP contribution in [0.25, 0.3) is 0 Å². The molecule has 1 heterocycles. The van der Waals surface area contributed by atoms with Crippen molar-refractivity contribution in [2.24, 2.45) is 0 Å². The molecule has 1 aromatic carbocycles. The van der Waals surface area contributed by atoms with Crippen molar-refractivity contribution in [3.8, 4) is 0 Å². The standard InChI is InChI=1S/C13H10ClN3O4/c14-11-5-9(17(20)21)4-10(13(18)19)12(11)16-7-8-2-1-3-15-6-8/h1-6,16H,7H2,(H,18,19). The third-order valence-electron chi connectivity index (χ3n) is 2.71. The zero-order valence-electron chi connectivity index (χ0n) is 10.6. The van der Waals surface area contributed by atoms with E-state index >= 15 is 0 Å². The van der Waals surface area contributed by atoms with Gasteiger partial charge in [0.1, 0.15) is 0 Å². The van der Waals surface area contributed by atoms with Gasteiger partial charge >= 0.3 is 5.97 Å². The van der Waals surface area contributed by atoms with Crippen molar-refractivity contribution in [1.82, 2.24) is 4.98 Å². The lowest BCUT2D eigenvalue weighted by Crippen LogP contribution is -2.08. The summed E-state index contributed by atoms with van der Waals surface area (Å²) in [5, 5.41) is 22.8. The first-order chi connectivity index (χ1) is 9.99. The van der Waals surface area contributed by atoms with Crippen LogP contribution >= 0.6 is 11.6 Å². The van der Waals surface area contributed by atoms with Crippen molar-refractivity contribution >= 4 is 28.9 Å². The summed E-state index contributed by atoms with van der Waals surface area (Å²) in [6, 6.07) is 5.63. The van der Waals surface area contributed by atoms with Gasteiger partial charge in [-0.1, -0.05) is 17.7 Å². The van der Waals surface area contributed by atoms with Gasteiger partial charge in [0.25, 0.3) is 5.69 Å². The Labute approximate surface area is 124 Å². The normalized spacial score (nSPS) is 10.1. The van der Waals surface area contributed by atoms with Crippen LogP contribution in [0.5, 0.6) is 0 Å². The molecule has 0 aliphatic rings. The van der Waals surface area contributed by atoms with Crippen LogP contribution in [-0.4, -0.2) is 21.0 Å². The van der Waals surface area contributed by atoms with Gasteiger partial charge in [-0.3, -0.25) is 15.1 Å². The number of pyridine rings is 1. The minimum absolute atomic E-state index is 0.0227. The number of carboxylic acid groups (broad SMARTS) is 1. The van der Waals surface area contributed by atoms with Crippen LogP contribution in [0.1, 0.15) is 15.9 Å². The van der Waals surface area contributed by atoms with Crippen LogP contribution < -0.4 is 5.32 Å². The number of nitro benzene ring substituents is 1. The topological polar surface area (TPSA) is 105 Å². The first-order valence-corrected chi connectivity index (χ1v) is 6.21. The number of non-ortho nitro benzene ring substituents is 1. The molecule has 2 aromatic rings. The fraction of sp³-hybridized carbons (Fsp3) is 0.0769. The Kier molecular flexibility index (Phi) is 4.34. The Morgan fingerprint density at radius 3 is 2.81 bits per heavy atom. The lowest BCUT2D eigenvalue weighted by molar-refractivity contribution is -0.384. The minimum Gasteiger partial charge on any atom is -0.478 e. The van der Waals surface area contributed by atoms with Crippen LogP contribution in [-0.2, 0) is 6.54 Å². The Morgan fingerprint density at radius 2 is 2.24 bits per heavy atom. The maximum atomic E-state index is 11.2. The molecule has 0 atom stereocenters. The molecule has 2 rings (SSSR count). The zero-order valence-corrected chi connectivity index (χ0v) is 11.4. The second kappa shape index (κ2) is 6.19. The summed E-state index contributed by atoms with van der Waals surface area (Å²) in [7, 11) is 0. The van der Waals surface area contributed by atoms with E-state index in [0.717, 1.165) is 17.7 Å². The molecule has 0 bridgehead atoms. The van der Waals surface area contributed by atoms with Gasteiger partial charge in [0.2, 0.25) is 0 Å². The number of aromatic nitrogens is 1. The highest BCUT2D eigenvalue weighted by molar-refractivity contribution is 6.34. The number of hydrogen-bond donors (Lipinski definition) is 2. The predicted molar refractivity (Wildman–Crippen MR) is 76.6 cm³/mol. The van der Waals surface area contributed by atoms with E-state index in [1.165, 1.54) is 0 Å². The second-order valence-corrected chi connectivity index (χ2v) is 4.53. The molecule has 2 N–H and O–H groups in total. The van der Waals surface area contributed by atoms with Gasteiger partial charge in [0.15, 0.2) is 0 Å². The zero-order chi connectivity index (χ0) is 15.4. The summed E-state index contributed by atoms with van der Waals surface area (Å²) in [6.45, 7) is 0.297. The van der Waals surface area contributed by atoms with Gasteiger partial charge in [0.05, 0.1) is 21.2 Å². The summed E-state index contributed by atoms with van der Waals surface area (Å²) in [5.74, 6) is -1.30. The molecule has 1 aromatic heterocycles. The second-order valence-electron chi connectivity index (χ2n) is 4.13. The highest BCUT2D eigenvalue weighted by Gasteiger charge is 2.19. The molecule has 21 heavy (non-hydrogen) atoms. The largest absolute Gasteiger partial charge is 0.478 e. The van der Waals surface area contributed by atoms with E-state index in [1.54, 1.807) is 24.5 Å². The number of benzene rings is 1. The number of carbonyl (C=O) groups is 1. The average Bonchev–Trinajstić information content (AvgIpc) is 2.46. The lowest BCUT2D eigenvalue weighted by Gasteiger charge is -2.11. The molecule has 0 amide bonds. The molecule has 8 heteroatoms. The number of hydrogen-bond acceptors (Lipinski definition) is 5. The molecule has 108 valence electrons. The molecule has 0 aliphatic carbocycles. The molecule has 0 spiro atoms. The van der Waals surface area contributed by atoms with Gasteiger partial charge in [-0.15, -0.1) is 0 Å². The number of halogens is 1. The van der Waals surface area contributed by atoms with Crippen molar-refractivity contribution in [1.29, 1.82) is 0 Å². The Hall–Kier alpha value is -2.67. The molecular weight excluding hydrogens is 298 g/mol. The van der Waals surface area contributed by atoms with Crippen molar-refractivity contribution in [3.63, 3.8) is 0 Å². The highest BCUT2D eigenvalue weighted by Crippen LogP contribution is 2.31. The molecule has 0 saturated heterocycles. The van der Waals surface area contributed by atoms with E-state index in [1.807, 2.05) is 0 Å². The smallest absolute Gasteiger partial charge is 0.338 e. The quantitative estimate of drug-likeness (QED) is 0.650. The number of carboxylic acids is 1. The first kappa shape index (κ1) is 14.7. The molecule has 0 fully saturated rings. The van der Waals surface area contributed by atoms with E-state index in [0.29, 0.717) is 6.54 Å². The summed E-state index contributed by atoms with van der Waals surface area (Å²) in [4.78, 5) is 25.2. The van der Waals surface area contributed by atoms with Crippen LogP contribution in [0.15, 0.2) is 36.7 Å². The summed E-state index contributed by atoms with van der Waals surface area (Å²) in [5.41, 5.74) is 0.337. The van der Waals surface area contributed by atoms with Gasteiger partial charge in [-0.05, 0) is 11.6 Å². The van der Waals surface area contributed by atoms with E-state index in [2.05, 4.69) is 10.3 Å². The lowest BCUT2D eigenvalue weighted by atomic mass is 10.1. The van der Waals surface area contributed by atoms with E-state index in [4.69, 9.17) is 16.7 Å². The Morgan fingerprint density at radius 1 is 1.48 bits per heavy atom. The fourth-order valence-corrected chi connectivity index (χ4v) is 2.02. The SMILES string of the molecule is O=C(O)c1cc([N+](=O)[O-])cc(Cl)c1NCc1cccnc1. The number of rotatable bonds is 5. The van der Waals surface area contributed by atoms with E-state index in [-0.39, 0.29) is 22.0 Å². The number of aromatic carboxylic acids is 1. The van der Waals surface area contributed by atoms with Crippen LogP contribution in [0.2, 0.25) is 5.02 Å². The summed E-state index contributed by atoms with van der Waals surface area (Å²) < 4.78 is 0. The highest BCUT2D eigenvalue weighted by atomic mass is 35.5. The number of anilines is 1. The van der Waals surface area contributed by atoms with Gasteiger partial charge in [-0.2, -0.15) is 0 Å². The Bertz CT molecular complexity index is 691. The minimum atomic E-state index is -1.30. The third-order valence-corrected chi connectivity index (χ3v) is 3.01. The summed E-state index contributed by atoms with van der Waals surface area (Å²) in [6.07, 6.45) is 3.23. The number of nitrogens with zero attached hydrogens (tertiary/aromatic N) is 2. The van der Waals surface area contributed by atoms with Crippen molar-refractivity contribution in [3.05, 3.63) is 62.9 Å². The maximum Gasteiger partial charge on any atom is 0.338 e. The maximum absolute atomic E-state index is 11.2. The fourth-order valence-electron chi connectivity index (χ4n) is 1.74. The van der Waals surface area contributed by atoms with Crippen molar-refractivity contribution in [2.75, 3.05) is 5.32 Å². The summed E-state index contributed by atoms with van der Waals surface area (Å²) >= 11 is 5.94. The van der Waals surface area contributed by atoms with Gasteiger partial charge < -0.3 is 10.4 Å². The van der Waals surface area contributed by atoms with Crippen molar-refractivity contribution < 1.29 is 14.8 Å². The van der Waals surface area contributed by atoms with Gasteiger partial charge in [-0.25, -0.2) is 4.79 Å². The molecule has 0 unspecified atom stereocenters. The van der Waals surface area contributed by atoms with E-state index in [9.17, 15) is 14.9 Å². The number of nitrogens with one attached hydrogen (secondary N) is 1. The molecule has 0 aliphatic heterocycles. The molecule has 0 saturated carbocycles. The first-order valence-electron chi connectivity index (χ1n) is 5.83. The molecular formula is C13H10ClN3O4.